The minimum atomic E-state index is -4.27. The molecule has 0 aromatic carbocycles. The van der Waals surface area contributed by atoms with Gasteiger partial charge in [-0.05, 0) is 12.8 Å². The fourth-order valence-corrected chi connectivity index (χ4v) is 9.30. The van der Waals surface area contributed by atoms with Crippen LogP contribution in [0.4, 0.5) is 0 Å². The molecule has 384 valence electrons. The van der Waals surface area contributed by atoms with Crippen LogP contribution in [0.1, 0.15) is 290 Å². The molecule has 0 aliphatic carbocycles. The van der Waals surface area contributed by atoms with Gasteiger partial charge in [0.2, 0.25) is 0 Å². The molecule has 9 heteroatoms. The summed E-state index contributed by atoms with van der Waals surface area (Å²) < 4.78 is 35.3. The van der Waals surface area contributed by atoms with Gasteiger partial charge in [-0.1, -0.05) is 271 Å². The summed E-state index contributed by atoms with van der Waals surface area (Å²) in [7, 11) is 1.69. The van der Waals surface area contributed by atoms with Gasteiger partial charge in [-0.2, -0.15) is 0 Å². The highest BCUT2D eigenvalue weighted by atomic mass is 31.2. The van der Waals surface area contributed by atoms with Crippen LogP contribution in [-0.4, -0.2) is 75.6 Å². The number of hydrogen-bond acceptors (Lipinski definition) is 6. The number of hydrogen-bond donors (Lipinski definition) is 1. The summed E-state index contributed by atoms with van der Waals surface area (Å²) in [5, 5.41) is 0. The van der Waals surface area contributed by atoms with E-state index < -0.39 is 13.9 Å². The Labute approximate surface area is 399 Å². The molecule has 64 heavy (non-hydrogen) atoms. The van der Waals surface area contributed by atoms with Crippen molar-refractivity contribution < 1.29 is 37.3 Å². The number of phosphoric ester groups is 1. The minimum Gasteiger partial charge on any atom is -0.457 e. The zero-order valence-electron chi connectivity index (χ0n) is 43.8. The van der Waals surface area contributed by atoms with Crippen LogP contribution in [0.25, 0.3) is 0 Å². The average Bonchev–Trinajstić information content (AvgIpc) is 3.25. The first-order valence-corrected chi connectivity index (χ1v) is 29.8. The number of rotatable bonds is 54. The van der Waals surface area contributed by atoms with Crippen molar-refractivity contribution in [1.29, 1.82) is 0 Å². The van der Waals surface area contributed by atoms with E-state index >= 15 is 0 Å². The molecule has 2 unspecified atom stereocenters. The molecule has 0 heterocycles. The molecule has 0 spiro atoms. The van der Waals surface area contributed by atoms with Crippen molar-refractivity contribution in [3.05, 3.63) is 0 Å². The third-order valence-corrected chi connectivity index (χ3v) is 13.9. The molecule has 8 nitrogen and oxygen atoms in total. The normalized spacial score (nSPS) is 13.4. The molecule has 0 aromatic heterocycles. The number of carbonyl (C=O) groups is 1. The van der Waals surface area contributed by atoms with Crippen molar-refractivity contribution in [2.24, 2.45) is 0 Å². The van der Waals surface area contributed by atoms with Crippen LogP contribution in [0, 0.1) is 0 Å². The second kappa shape index (κ2) is 48.9. The Kier molecular flexibility index (Phi) is 48.6. The summed E-state index contributed by atoms with van der Waals surface area (Å²) in [6, 6.07) is 0. The first kappa shape index (κ1) is 63.5. The van der Waals surface area contributed by atoms with Crippen LogP contribution in [0.5, 0.6) is 0 Å². The van der Waals surface area contributed by atoms with Gasteiger partial charge in [0.05, 0.1) is 34.4 Å². The fourth-order valence-electron chi connectivity index (χ4n) is 8.56. The maximum absolute atomic E-state index is 12.8. The monoisotopic (exact) mass is 931 g/mol. The Morgan fingerprint density at radius 2 is 0.719 bits per heavy atom. The van der Waals surface area contributed by atoms with Gasteiger partial charge in [0.1, 0.15) is 19.3 Å². The van der Waals surface area contributed by atoms with Gasteiger partial charge >= 0.3 is 13.8 Å². The maximum Gasteiger partial charge on any atom is 0.472 e. The minimum absolute atomic E-state index is 0.0944. The standard InChI is InChI=1S/C55H112NO7P/c1-6-8-10-12-14-16-18-20-22-24-26-28-29-31-33-35-37-39-41-43-45-47-50-60-52-54(53-62-64(58,59)61-51-49-56(3,4)5)63-55(57)48-46-44-42-40-38-36-34-32-30-27-25-23-21-19-17-15-13-11-9-7-2/h54H,6-53H2,1-5H3/p+1. The number of quaternary nitrogens is 1. The van der Waals surface area contributed by atoms with E-state index in [9.17, 15) is 14.3 Å². The molecular weight excluding hydrogens is 818 g/mol. The number of esters is 1. The Morgan fingerprint density at radius 3 is 1.03 bits per heavy atom. The molecule has 0 bridgehead atoms. The van der Waals surface area contributed by atoms with E-state index in [0.29, 0.717) is 24.1 Å². The van der Waals surface area contributed by atoms with Crippen LogP contribution >= 0.6 is 7.82 Å². The molecule has 0 aliphatic heterocycles. The lowest BCUT2D eigenvalue weighted by atomic mass is 10.0. The molecule has 1 N–H and O–H groups in total. The van der Waals surface area contributed by atoms with Crippen LogP contribution in [0.3, 0.4) is 0 Å². The van der Waals surface area contributed by atoms with Gasteiger partial charge in [0, 0.05) is 13.0 Å². The average molecular weight is 931 g/mol. The Hall–Kier alpha value is -0.500. The predicted molar refractivity (Wildman–Crippen MR) is 275 cm³/mol. The van der Waals surface area contributed by atoms with E-state index in [1.54, 1.807) is 0 Å². The Bertz CT molecular complexity index is 992. The molecule has 0 aliphatic rings. The lowest BCUT2D eigenvalue weighted by molar-refractivity contribution is -0.870. The number of nitrogens with zero attached hydrogens (tertiary/aromatic N) is 1. The summed E-state index contributed by atoms with van der Waals surface area (Å²) in [6.45, 7) is 5.72. The van der Waals surface area contributed by atoms with Gasteiger partial charge in [-0.15, -0.1) is 0 Å². The summed E-state index contributed by atoms with van der Waals surface area (Å²) in [5.74, 6) is -0.303. The number of phosphoric acid groups is 1. The Balaban J connectivity index is 4.02. The zero-order valence-corrected chi connectivity index (χ0v) is 44.7. The zero-order chi connectivity index (χ0) is 46.9. The number of likely N-dealkylation sites (N-methyl/N-ethyl adjacent to an activating group) is 1. The third-order valence-electron chi connectivity index (χ3n) is 12.9. The summed E-state index contributed by atoms with van der Waals surface area (Å²) in [5.41, 5.74) is 0. The molecule has 0 radical (unpaired) electrons. The lowest BCUT2D eigenvalue weighted by Crippen LogP contribution is -2.37. The maximum atomic E-state index is 12.8. The second-order valence-electron chi connectivity index (χ2n) is 20.7. The van der Waals surface area contributed by atoms with E-state index in [1.807, 2.05) is 21.1 Å². The third kappa shape index (κ3) is 52.5. The molecule has 0 saturated heterocycles. The van der Waals surface area contributed by atoms with Gasteiger partial charge in [-0.3, -0.25) is 13.8 Å². The largest absolute Gasteiger partial charge is 0.472 e. The van der Waals surface area contributed by atoms with E-state index in [1.165, 1.54) is 238 Å². The number of ether oxygens (including phenoxy) is 2. The topological polar surface area (TPSA) is 91.3 Å². The van der Waals surface area contributed by atoms with Gasteiger partial charge < -0.3 is 18.9 Å². The van der Waals surface area contributed by atoms with E-state index in [0.717, 1.165) is 32.1 Å². The van der Waals surface area contributed by atoms with E-state index in [-0.39, 0.29) is 25.8 Å². The van der Waals surface area contributed by atoms with Crippen LogP contribution in [0.2, 0.25) is 0 Å². The molecule has 0 saturated carbocycles. The number of unbranched alkanes of at least 4 members (excludes halogenated alkanes) is 40. The first-order chi connectivity index (χ1) is 31.1. The highest BCUT2D eigenvalue weighted by Crippen LogP contribution is 2.43. The first-order valence-electron chi connectivity index (χ1n) is 28.3. The molecule has 0 amide bonds. The molecular formula is C55H113NO7P+. The highest BCUT2D eigenvalue weighted by molar-refractivity contribution is 7.47. The lowest BCUT2D eigenvalue weighted by Gasteiger charge is -2.24. The van der Waals surface area contributed by atoms with Crippen molar-refractivity contribution >= 4 is 13.8 Å². The van der Waals surface area contributed by atoms with Crippen molar-refractivity contribution in [2.75, 3.05) is 54.1 Å². The van der Waals surface area contributed by atoms with Crippen molar-refractivity contribution in [3.63, 3.8) is 0 Å². The van der Waals surface area contributed by atoms with Gasteiger partial charge in [-0.25, -0.2) is 4.57 Å². The predicted octanol–water partition coefficient (Wildman–Crippen LogP) is 17.6. The van der Waals surface area contributed by atoms with Crippen LogP contribution in [-0.2, 0) is 27.9 Å². The van der Waals surface area contributed by atoms with Crippen molar-refractivity contribution in [3.8, 4) is 0 Å². The van der Waals surface area contributed by atoms with Crippen LogP contribution < -0.4 is 0 Å². The second-order valence-corrected chi connectivity index (χ2v) is 22.1. The summed E-state index contributed by atoms with van der Waals surface area (Å²) in [6.07, 6.45) is 55.9. The molecule has 0 aromatic rings. The van der Waals surface area contributed by atoms with Gasteiger partial charge in [0.15, 0.2) is 0 Å². The van der Waals surface area contributed by atoms with E-state index in [4.69, 9.17) is 18.5 Å². The SMILES string of the molecule is CCCCCCCCCCCCCCCCCCCCCCCCOCC(COP(=O)(O)OCC[N+](C)(C)C)OC(=O)CCCCCCCCCCCCCCCCCCCCCC. The van der Waals surface area contributed by atoms with Crippen LogP contribution in [0.15, 0.2) is 0 Å². The summed E-state index contributed by atoms with van der Waals surface area (Å²) >= 11 is 0. The number of carbonyl (C=O) groups excluding carboxylic acids is 1. The quantitative estimate of drug-likeness (QED) is 0.0281. The Morgan fingerprint density at radius 1 is 0.422 bits per heavy atom. The fraction of sp³-hybridized carbons (Fsp3) is 0.982. The van der Waals surface area contributed by atoms with Crippen molar-refractivity contribution in [1.82, 2.24) is 0 Å². The van der Waals surface area contributed by atoms with Crippen molar-refractivity contribution in [2.45, 2.75) is 296 Å². The molecule has 0 fully saturated rings. The molecule has 0 rings (SSSR count). The summed E-state index contributed by atoms with van der Waals surface area (Å²) in [4.78, 5) is 23.1. The molecule has 2 atom stereocenters. The van der Waals surface area contributed by atoms with E-state index in [2.05, 4.69) is 13.8 Å². The highest BCUT2D eigenvalue weighted by Gasteiger charge is 2.26. The van der Waals surface area contributed by atoms with Gasteiger partial charge in [0.25, 0.3) is 0 Å². The smallest absolute Gasteiger partial charge is 0.457 e.